The highest BCUT2D eigenvalue weighted by molar-refractivity contribution is 6.35. The van der Waals surface area contributed by atoms with Gasteiger partial charge in [-0.15, -0.1) is 0 Å². The minimum Gasteiger partial charge on any atom is -0.396 e. The molecule has 1 unspecified atom stereocenters. The number of nitrogens with two attached hydrogens (primary N) is 1. The maximum Gasteiger partial charge on any atom is 0.435 e. The van der Waals surface area contributed by atoms with Gasteiger partial charge >= 0.3 is 6.18 Å². The van der Waals surface area contributed by atoms with E-state index in [0.717, 1.165) is 25.0 Å². The van der Waals surface area contributed by atoms with Crippen molar-refractivity contribution in [2.45, 2.75) is 44.4 Å². The first kappa shape index (κ1) is 28.6. The topological polar surface area (TPSA) is 86.3 Å². The lowest BCUT2D eigenvalue weighted by molar-refractivity contribution is -0.275. The Morgan fingerprint density at radius 3 is 2.49 bits per heavy atom. The predicted octanol–water partition coefficient (Wildman–Crippen LogP) is 7.31. The number of halogens is 6. The Bertz CT molecular complexity index is 1450. The largest absolute Gasteiger partial charge is 0.435 e. The second-order valence-electron chi connectivity index (χ2n) is 8.93. The number of nitrogens with zero attached hydrogens (tertiary/aromatic N) is 2. The summed E-state index contributed by atoms with van der Waals surface area (Å²) >= 11 is 11.6. The number of carbonyl (C=O) groups is 1. The summed E-state index contributed by atoms with van der Waals surface area (Å²) < 4.78 is 57.6. The van der Waals surface area contributed by atoms with E-state index in [1.165, 1.54) is 6.21 Å². The van der Waals surface area contributed by atoms with E-state index < -0.39 is 45.5 Å². The Morgan fingerprint density at radius 2 is 1.87 bits per heavy atom. The van der Waals surface area contributed by atoms with Crippen LogP contribution >= 0.6 is 23.2 Å². The van der Waals surface area contributed by atoms with E-state index in [0.29, 0.717) is 28.5 Å². The number of primary amides is 1. The van der Waals surface area contributed by atoms with Gasteiger partial charge < -0.3 is 15.4 Å². The van der Waals surface area contributed by atoms with E-state index in [4.69, 9.17) is 38.6 Å². The van der Waals surface area contributed by atoms with E-state index in [-0.39, 0.29) is 17.7 Å². The van der Waals surface area contributed by atoms with E-state index in [9.17, 15) is 22.4 Å². The summed E-state index contributed by atoms with van der Waals surface area (Å²) in [5.74, 6) is -1.76. The van der Waals surface area contributed by atoms with Gasteiger partial charge in [0, 0.05) is 30.2 Å². The minimum absolute atomic E-state index is 0.0477. The SMILES string of the molecule is CCCCON=CCc1cc(C2=NOC(c3cc(Cl)c(F)c(Cl)c3)(C(F)(F)F)C2)c2ccccc2c1C(N)=O. The zero-order chi connectivity index (χ0) is 28.4. The first-order chi connectivity index (χ1) is 18.5. The number of oxime groups is 2. The first-order valence-corrected chi connectivity index (χ1v) is 12.7. The van der Waals surface area contributed by atoms with Crippen molar-refractivity contribution in [3.05, 3.63) is 80.6 Å². The monoisotopic (exact) mass is 583 g/mol. The van der Waals surface area contributed by atoms with Gasteiger partial charge in [0.25, 0.3) is 5.60 Å². The summed E-state index contributed by atoms with van der Waals surface area (Å²) in [6.07, 6.45) is -2.43. The molecule has 0 saturated carbocycles. The number of hydrogen-bond donors (Lipinski definition) is 1. The standard InChI is InChI=1S/C27H23Cl2F4N3O3/c1-2-3-10-38-35-9-8-15-11-19(17-6-4-5-7-18(17)23(15)25(34)37)22-14-26(39-36-22,27(31,32)33)16-12-20(28)24(30)21(29)13-16/h4-7,9,11-13H,2-3,8,10,14H2,1H3,(H2,34,37). The van der Waals surface area contributed by atoms with Gasteiger partial charge in [-0.2, -0.15) is 13.2 Å². The molecule has 0 spiro atoms. The third kappa shape index (κ3) is 5.53. The van der Waals surface area contributed by atoms with E-state index in [1.807, 2.05) is 6.92 Å². The average Bonchev–Trinajstić information content (AvgIpc) is 3.35. The number of unbranched alkanes of at least 4 members (excludes halogenated alkanes) is 1. The summed E-state index contributed by atoms with van der Waals surface area (Å²) in [5.41, 5.74) is 3.10. The lowest BCUT2D eigenvalue weighted by Gasteiger charge is -2.30. The molecule has 1 atom stereocenters. The van der Waals surface area contributed by atoms with Crippen molar-refractivity contribution in [3.63, 3.8) is 0 Å². The van der Waals surface area contributed by atoms with Crippen LogP contribution in [0.25, 0.3) is 10.8 Å². The average molecular weight is 584 g/mol. The van der Waals surface area contributed by atoms with Crippen LogP contribution in [0.3, 0.4) is 0 Å². The van der Waals surface area contributed by atoms with Crippen molar-refractivity contribution in [2.75, 3.05) is 6.61 Å². The molecule has 0 fully saturated rings. The van der Waals surface area contributed by atoms with Gasteiger partial charge in [0.1, 0.15) is 6.61 Å². The Hall–Kier alpha value is -3.37. The van der Waals surface area contributed by atoms with E-state index >= 15 is 0 Å². The van der Waals surface area contributed by atoms with Crippen LogP contribution in [-0.4, -0.2) is 30.6 Å². The van der Waals surface area contributed by atoms with Crippen molar-refractivity contribution >= 4 is 51.8 Å². The Kier molecular flexibility index (Phi) is 8.37. The third-order valence-corrected chi connectivity index (χ3v) is 6.92. The van der Waals surface area contributed by atoms with Gasteiger partial charge in [-0.3, -0.25) is 4.79 Å². The van der Waals surface area contributed by atoms with E-state index in [2.05, 4.69) is 10.3 Å². The number of hydrogen-bond acceptors (Lipinski definition) is 5. The highest BCUT2D eigenvalue weighted by Crippen LogP contribution is 2.50. The van der Waals surface area contributed by atoms with Crippen LogP contribution in [-0.2, 0) is 21.7 Å². The molecule has 1 aliphatic rings. The van der Waals surface area contributed by atoms with Crippen LogP contribution in [0.5, 0.6) is 0 Å². The Morgan fingerprint density at radius 1 is 1.21 bits per heavy atom. The second kappa shape index (κ2) is 11.4. The fourth-order valence-corrected chi connectivity index (χ4v) is 4.90. The number of amides is 1. The fraction of sp³-hybridized carbons (Fsp3) is 0.296. The maximum absolute atomic E-state index is 14.5. The van der Waals surface area contributed by atoms with E-state index in [1.54, 1.807) is 30.3 Å². The smallest absolute Gasteiger partial charge is 0.396 e. The van der Waals surface area contributed by atoms with Crippen molar-refractivity contribution in [1.29, 1.82) is 0 Å². The zero-order valence-corrected chi connectivity index (χ0v) is 22.1. The lowest BCUT2D eigenvalue weighted by atomic mass is 9.84. The van der Waals surface area contributed by atoms with Gasteiger partial charge in [0.05, 0.1) is 21.3 Å². The molecule has 0 aliphatic carbocycles. The van der Waals surface area contributed by atoms with Crippen molar-refractivity contribution in [1.82, 2.24) is 0 Å². The normalized spacial score (nSPS) is 17.5. The van der Waals surface area contributed by atoms with Crippen molar-refractivity contribution in [2.24, 2.45) is 16.0 Å². The first-order valence-electron chi connectivity index (χ1n) is 12.0. The number of rotatable bonds is 9. The number of carbonyl (C=O) groups excluding carboxylic acids is 1. The molecule has 0 aromatic heterocycles. The van der Waals surface area contributed by atoms with Crippen LogP contribution in [0.1, 0.15) is 53.2 Å². The zero-order valence-electron chi connectivity index (χ0n) is 20.6. The molecular weight excluding hydrogens is 561 g/mol. The molecule has 39 heavy (non-hydrogen) atoms. The third-order valence-electron chi connectivity index (χ3n) is 6.37. The molecule has 1 amide bonds. The molecule has 6 nitrogen and oxygen atoms in total. The lowest BCUT2D eigenvalue weighted by Crippen LogP contribution is -2.42. The summed E-state index contributed by atoms with van der Waals surface area (Å²) in [7, 11) is 0. The van der Waals surface area contributed by atoms with Crippen LogP contribution in [0.4, 0.5) is 17.6 Å². The molecule has 0 radical (unpaired) electrons. The van der Waals surface area contributed by atoms with Crippen molar-refractivity contribution < 1.29 is 32.0 Å². The molecule has 12 heteroatoms. The quantitative estimate of drug-likeness (QED) is 0.0941. The molecule has 4 rings (SSSR count). The van der Waals surface area contributed by atoms with Gasteiger partial charge in [-0.1, -0.05) is 71.1 Å². The molecule has 2 N–H and O–H groups in total. The predicted molar refractivity (Wildman–Crippen MR) is 142 cm³/mol. The van der Waals surface area contributed by atoms with Gasteiger partial charge in [0.15, 0.2) is 5.82 Å². The molecule has 206 valence electrons. The molecule has 1 aliphatic heterocycles. The highest BCUT2D eigenvalue weighted by Gasteiger charge is 2.62. The molecule has 3 aromatic carbocycles. The molecule has 0 saturated heterocycles. The minimum atomic E-state index is -4.98. The van der Waals surface area contributed by atoms with Crippen LogP contribution in [0.15, 0.2) is 52.8 Å². The molecule has 3 aromatic rings. The second-order valence-corrected chi connectivity index (χ2v) is 9.75. The summed E-state index contributed by atoms with van der Waals surface area (Å²) in [5, 5.41) is 7.42. The fourth-order valence-electron chi connectivity index (χ4n) is 4.41. The van der Waals surface area contributed by atoms with Crippen LogP contribution in [0.2, 0.25) is 10.0 Å². The summed E-state index contributed by atoms with van der Waals surface area (Å²) in [4.78, 5) is 22.7. The molecule has 1 heterocycles. The highest BCUT2D eigenvalue weighted by atomic mass is 35.5. The number of alkyl halides is 3. The summed E-state index contributed by atoms with van der Waals surface area (Å²) in [6.45, 7) is 2.43. The van der Waals surface area contributed by atoms with Gasteiger partial charge in [-0.25, -0.2) is 4.39 Å². The van der Waals surface area contributed by atoms with Crippen molar-refractivity contribution in [3.8, 4) is 0 Å². The Balaban J connectivity index is 1.80. The Labute approximate surface area is 231 Å². The number of fused-ring (bicyclic) bond motifs is 1. The summed E-state index contributed by atoms with van der Waals surface area (Å²) in [6, 6.07) is 9.83. The molecular formula is C27H23Cl2F4N3O3. The van der Waals surface area contributed by atoms with Crippen LogP contribution in [0, 0.1) is 5.82 Å². The van der Waals surface area contributed by atoms with Gasteiger partial charge in [-0.05, 0) is 41.0 Å². The van der Waals surface area contributed by atoms with Gasteiger partial charge in [0.2, 0.25) is 5.91 Å². The number of benzene rings is 3. The van der Waals surface area contributed by atoms with Crippen LogP contribution < -0.4 is 5.73 Å². The molecule has 0 bridgehead atoms. The maximum atomic E-state index is 14.5.